The van der Waals surface area contributed by atoms with E-state index in [0.29, 0.717) is 25.7 Å². The highest BCUT2D eigenvalue weighted by molar-refractivity contribution is 7.47. The van der Waals surface area contributed by atoms with Crippen molar-refractivity contribution in [2.75, 3.05) is 39.6 Å². The van der Waals surface area contributed by atoms with Crippen LogP contribution in [0.1, 0.15) is 388 Å². The molecule has 0 aromatic rings. The summed E-state index contributed by atoms with van der Waals surface area (Å²) in [7, 11) is -9.91. The number of ether oxygens (including phenoxy) is 4. The highest BCUT2D eigenvalue weighted by Crippen LogP contribution is 2.45. The summed E-state index contributed by atoms with van der Waals surface area (Å²) in [5.41, 5.74) is 0. The molecule has 0 aliphatic rings. The summed E-state index contributed by atoms with van der Waals surface area (Å²) in [6.07, 6.45) is 53.9. The van der Waals surface area contributed by atoms with E-state index in [-0.39, 0.29) is 25.7 Å². The number of aliphatic hydroxyl groups is 1. The van der Waals surface area contributed by atoms with E-state index in [9.17, 15) is 43.2 Å². The first-order chi connectivity index (χ1) is 45.4. The minimum Gasteiger partial charge on any atom is -0.462 e. The Hall–Kier alpha value is -1.94. The molecule has 0 aromatic heterocycles. The molecule has 3 unspecified atom stereocenters. The van der Waals surface area contributed by atoms with Crippen molar-refractivity contribution in [3.05, 3.63) is 0 Å². The van der Waals surface area contributed by atoms with Crippen LogP contribution in [0.3, 0.4) is 0 Å². The van der Waals surface area contributed by atoms with E-state index in [1.54, 1.807) is 0 Å². The van der Waals surface area contributed by atoms with Crippen LogP contribution >= 0.6 is 15.6 Å². The number of aliphatic hydroxyl groups excluding tert-OH is 1. The summed E-state index contributed by atoms with van der Waals surface area (Å²) in [5.74, 6) is -0.565. The van der Waals surface area contributed by atoms with Crippen LogP contribution < -0.4 is 0 Å². The van der Waals surface area contributed by atoms with Gasteiger partial charge >= 0.3 is 39.5 Å². The molecule has 17 nitrogen and oxygen atoms in total. The monoisotopic (exact) mass is 1380 g/mol. The third-order valence-electron chi connectivity index (χ3n) is 17.8. The lowest BCUT2D eigenvalue weighted by Gasteiger charge is -2.21. The second-order valence-corrected chi connectivity index (χ2v) is 30.7. The van der Waals surface area contributed by atoms with Crippen molar-refractivity contribution in [2.45, 2.75) is 407 Å². The third-order valence-corrected chi connectivity index (χ3v) is 19.7. The van der Waals surface area contributed by atoms with Gasteiger partial charge in [-0.25, -0.2) is 9.13 Å². The van der Waals surface area contributed by atoms with Gasteiger partial charge in [-0.3, -0.25) is 37.3 Å². The van der Waals surface area contributed by atoms with Gasteiger partial charge in [-0.05, 0) is 37.5 Å². The fraction of sp³-hybridized carbons (Fsp3) is 0.947. The number of phosphoric ester groups is 2. The lowest BCUT2D eigenvalue weighted by molar-refractivity contribution is -0.161. The zero-order valence-corrected chi connectivity index (χ0v) is 63.1. The molecule has 558 valence electrons. The maximum absolute atomic E-state index is 13.1. The Labute approximate surface area is 575 Å². The molecule has 0 aromatic carbocycles. The van der Waals surface area contributed by atoms with E-state index in [2.05, 4.69) is 41.5 Å². The summed E-state index contributed by atoms with van der Waals surface area (Å²) < 4.78 is 68.5. The summed E-state index contributed by atoms with van der Waals surface area (Å²) in [6.45, 7) is 9.60. The van der Waals surface area contributed by atoms with Crippen LogP contribution in [0.15, 0.2) is 0 Å². The minimum atomic E-state index is -4.96. The standard InChI is InChI=1S/C75H146O17P2/c1-7-10-12-14-16-18-20-21-22-23-24-30-34-41-47-53-59-74(79)91-70(63-86-73(78)58-52-46-40-33-29-26-25-28-31-37-43-49-55-67(4)5)65-89-93(81,82)87-61-69(76)62-88-94(83,84)90-66-71(64-85-72(77)57-51-45-39-32-27-19-17-15-13-11-8-2)92-75(80)60-54-48-42-36-35-38-44-50-56-68(6)9-3/h67-71,76H,7-66H2,1-6H3,(H,81,82)(H,83,84)/t68?,69-,70-,71-/m1/s1. The van der Waals surface area contributed by atoms with E-state index < -0.39 is 97.5 Å². The van der Waals surface area contributed by atoms with Crippen molar-refractivity contribution in [3.8, 4) is 0 Å². The number of hydrogen-bond donors (Lipinski definition) is 3. The first-order valence-electron chi connectivity index (χ1n) is 39.0. The highest BCUT2D eigenvalue weighted by Gasteiger charge is 2.30. The molecule has 0 fully saturated rings. The third kappa shape index (κ3) is 67.3. The molecule has 0 bridgehead atoms. The molecule has 0 aliphatic heterocycles. The SMILES string of the molecule is CCCCCCCCCCCCCCCCCCC(=O)O[C@H](COC(=O)CCCCCCCCCCCCCCC(C)C)COP(=O)(O)OC[C@@H](O)COP(=O)(O)OC[C@@H](COC(=O)CCCCCCCCCCCCC)OC(=O)CCCCCCCCCCC(C)CC. The number of rotatable bonds is 74. The van der Waals surface area contributed by atoms with E-state index in [4.69, 9.17) is 37.0 Å². The van der Waals surface area contributed by atoms with Crippen LogP contribution in [0.25, 0.3) is 0 Å². The number of carbonyl (C=O) groups is 4. The smallest absolute Gasteiger partial charge is 0.462 e. The van der Waals surface area contributed by atoms with E-state index >= 15 is 0 Å². The second-order valence-electron chi connectivity index (χ2n) is 27.8. The van der Waals surface area contributed by atoms with Crippen LogP contribution in [0.4, 0.5) is 0 Å². The average Bonchev–Trinajstić information content (AvgIpc) is 1.84. The Morgan fingerprint density at radius 2 is 0.543 bits per heavy atom. The molecule has 0 saturated carbocycles. The zero-order valence-electron chi connectivity index (χ0n) is 61.3. The molecule has 6 atom stereocenters. The Bertz CT molecular complexity index is 1820. The topological polar surface area (TPSA) is 237 Å². The van der Waals surface area contributed by atoms with Crippen molar-refractivity contribution in [2.24, 2.45) is 11.8 Å². The van der Waals surface area contributed by atoms with Gasteiger partial charge in [0.1, 0.15) is 19.3 Å². The van der Waals surface area contributed by atoms with Crippen LogP contribution in [-0.2, 0) is 65.4 Å². The van der Waals surface area contributed by atoms with Crippen molar-refractivity contribution < 1.29 is 80.2 Å². The van der Waals surface area contributed by atoms with Gasteiger partial charge in [0.15, 0.2) is 12.2 Å². The zero-order chi connectivity index (χ0) is 69.3. The van der Waals surface area contributed by atoms with Gasteiger partial charge in [0, 0.05) is 25.7 Å². The predicted molar refractivity (Wildman–Crippen MR) is 381 cm³/mol. The van der Waals surface area contributed by atoms with E-state index in [1.807, 2.05) is 0 Å². The summed E-state index contributed by atoms with van der Waals surface area (Å²) in [4.78, 5) is 72.8. The molecule has 0 heterocycles. The molecule has 0 spiro atoms. The summed E-state index contributed by atoms with van der Waals surface area (Å²) >= 11 is 0. The summed E-state index contributed by atoms with van der Waals surface area (Å²) in [5, 5.41) is 10.6. The molecule has 19 heteroatoms. The molecule has 94 heavy (non-hydrogen) atoms. The van der Waals surface area contributed by atoms with Gasteiger partial charge in [-0.2, -0.15) is 0 Å². The van der Waals surface area contributed by atoms with Crippen LogP contribution in [0, 0.1) is 11.8 Å². The fourth-order valence-corrected chi connectivity index (χ4v) is 13.0. The lowest BCUT2D eigenvalue weighted by Crippen LogP contribution is -2.30. The van der Waals surface area contributed by atoms with Crippen LogP contribution in [-0.4, -0.2) is 96.7 Å². The Balaban J connectivity index is 5.26. The first-order valence-corrected chi connectivity index (χ1v) is 42.0. The molecule has 0 aliphatic carbocycles. The van der Waals surface area contributed by atoms with Crippen LogP contribution in [0.5, 0.6) is 0 Å². The van der Waals surface area contributed by atoms with Gasteiger partial charge in [0.05, 0.1) is 26.4 Å². The van der Waals surface area contributed by atoms with Crippen molar-refractivity contribution in [1.29, 1.82) is 0 Å². The fourth-order valence-electron chi connectivity index (χ4n) is 11.4. The normalized spacial score (nSPS) is 14.3. The van der Waals surface area contributed by atoms with Gasteiger partial charge in [0.2, 0.25) is 0 Å². The van der Waals surface area contributed by atoms with Gasteiger partial charge in [-0.15, -0.1) is 0 Å². The number of phosphoric acid groups is 2. The first kappa shape index (κ1) is 92.1. The molecular formula is C75H146O17P2. The lowest BCUT2D eigenvalue weighted by atomic mass is 9.99. The van der Waals surface area contributed by atoms with Crippen molar-refractivity contribution in [3.63, 3.8) is 0 Å². The maximum Gasteiger partial charge on any atom is 0.472 e. The number of carbonyl (C=O) groups excluding carboxylic acids is 4. The average molecular weight is 1380 g/mol. The van der Waals surface area contributed by atoms with Gasteiger partial charge < -0.3 is 33.8 Å². The molecule has 0 rings (SSSR count). The van der Waals surface area contributed by atoms with Crippen molar-refractivity contribution >= 4 is 39.5 Å². The maximum atomic E-state index is 13.1. The predicted octanol–water partition coefficient (Wildman–Crippen LogP) is 21.9. The van der Waals surface area contributed by atoms with E-state index in [0.717, 1.165) is 102 Å². The number of esters is 4. The molecule has 3 N–H and O–H groups in total. The van der Waals surface area contributed by atoms with E-state index in [1.165, 1.54) is 205 Å². The molecule has 0 radical (unpaired) electrons. The Kier molecular flexibility index (Phi) is 65.5. The highest BCUT2D eigenvalue weighted by atomic mass is 31.2. The van der Waals surface area contributed by atoms with Crippen molar-refractivity contribution in [1.82, 2.24) is 0 Å². The minimum absolute atomic E-state index is 0.105. The van der Waals surface area contributed by atoms with Gasteiger partial charge in [0.25, 0.3) is 0 Å². The largest absolute Gasteiger partial charge is 0.472 e. The van der Waals surface area contributed by atoms with Crippen LogP contribution in [0.2, 0.25) is 0 Å². The second kappa shape index (κ2) is 66.9. The Morgan fingerprint density at radius 3 is 0.809 bits per heavy atom. The molecule has 0 amide bonds. The summed E-state index contributed by atoms with van der Waals surface area (Å²) in [6, 6.07) is 0. The number of hydrogen-bond acceptors (Lipinski definition) is 15. The molecule has 0 saturated heterocycles. The quantitative estimate of drug-likeness (QED) is 0.0222. The number of unbranched alkanes of at least 4 members (excludes halogenated alkanes) is 43. The molecular weight excluding hydrogens is 1230 g/mol. The Morgan fingerprint density at radius 1 is 0.309 bits per heavy atom. The van der Waals surface area contributed by atoms with Gasteiger partial charge in [-0.1, -0.05) is 337 Å².